The molecule has 0 saturated carbocycles. The molecule has 0 aliphatic rings. The van der Waals surface area contributed by atoms with Crippen molar-refractivity contribution in [1.29, 1.82) is 0 Å². The number of aromatic nitrogens is 2. The second-order valence-electron chi connectivity index (χ2n) is 4.30. The molecule has 0 aliphatic carbocycles. The highest BCUT2D eigenvalue weighted by Gasteiger charge is 2.09. The number of nitro groups is 1. The summed E-state index contributed by atoms with van der Waals surface area (Å²) < 4.78 is 0. The fraction of sp³-hybridized carbons (Fsp3) is 0.154. The number of rotatable bonds is 6. The van der Waals surface area contributed by atoms with Gasteiger partial charge in [-0.15, -0.1) is 0 Å². The van der Waals surface area contributed by atoms with Crippen LogP contribution in [-0.2, 0) is 6.42 Å². The summed E-state index contributed by atoms with van der Waals surface area (Å²) in [5.41, 5.74) is 3.14. The normalized spacial score (nSPS) is 10.0. The van der Waals surface area contributed by atoms with Crippen molar-refractivity contribution in [3.63, 3.8) is 0 Å². The van der Waals surface area contributed by atoms with E-state index in [0.717, 1.165) is 0 Å². The van der Waals surface area contributed by atoms with Crippen LogP contribution in [-0.4, -0.2) is 26.1 Å². The van der Waals surface area contributed by atoms with E-state index < -0.39 is 11.0 Å². The Morgan fingerprint density at radius 2 is 2.14 bits per heavy atom. The molecule has 0 radical (unpaired) electrons. The van der Waals surface area contributed by atoms with Crippen LogP contribution < -0.4 is 10.7 Å². The highest BCUT2D eigenvalue weighted by Crippen LogP contribution is 2.18. The first kappa shape index (κ1) is 15.2. The van der Waals surface area contributed by atoms with Gasteiger partial charge in [-0.2, -0.15) is 4.98 Å². The zero-order valence-electron chi connectivity index (χ0n) is 11.6. The number of benzene rings is 1. The summed E-state index contributed by atoms with van der Waals surface area (Å²) in [7, 11) is 0. The van der Waals surface area contributed by atoms with Crippen LogP contribution in [0.25, 0.3) is 0 Å². The molecule has 9 heteroatoms. The molecule has 114 valence electrons. The molecule has 2 rings (SSSR count). The first-order chi connectivity index (χ1) is 10.5. The lowest BCUT2D eigenvalue weighted by Gasteiger charge is -2.08. The number of aryl methyl sites for hydroxylation is 1. The number of hydrogen-bond donors (Lipinski definition) is 3. The van der Waals surface area contributed by atoms with E-state index in [1.807, 2.05) is 12.3 Å². The van der Waals surface area contributed by atoms with Gasteiger partial charge in [0.25, 0.3) is 5.95 Å². The average Bonchev–Trinajstić information content (AvgIpc) is 2.46. The zero-order valence-corrected chi connectivity index (χ0v) is 11.6. The Balaban J connectivity index is 2.30. The van der Waals surface area contributed by atoms with Crippen molar-refractivity contribution < 1.29 is 14.9 Å². The quantitative estimate of drug-likeness (QED) is 0.546. The van der Waals surface area contributed by atoms with Crippen LogP contribution >= 0.6 is 0 Å². The molecule has 0 bridgehead atoms. The van der Waals surface area contributed by atoms with E-state index in [1.54, 1.807) is 18.2 Å². The molecule has 1 aromatic carbocycles. The van der Waals surface area contributed by atoms with Crippen LogP contribution in [0.5, 0.6) is 0 Å². The van der Waals surface area contributed by atoms with Gasteiger partial charge in [-0.3, -0.25) is 0 Å². The number of aromatic carboxylic acids is 1. The van der Waals surface area contributed by atoms with Gasteiger partial charge in [-0.1, -0.05) is 18.4 Å². The van der Waals surface area contributed by atoms with Gasteiger partial charge in [-0.05, 0) is 24.6 Å². The van der Waals surface area contributed by atoms with Crippen molar-refractivity contribution in [3.8, 4) is 0 Å². The molecule has 0 atom stereocenters. The summed E-state index contributed by atoms with van der Waals surface area (Å²) in [6, 6.07) is 7.80. The van der Waals surface area contributed by atoms with Crippen molar-refractivity contribution in [2.75, 3.05) is 10.7 Å². The van der Waals surface area contributed by atoms with Gasteiger partial charge < -0.3 is 10.4 Å². The number of nitrogens with one attached hydrogen (secondary N) is 2. The highest BCUT2D eigenvalue weighted by atomic mass is 16.7. The predicted molar refractivity (Wildman–Crippen MR) is 78.7 cm³/mol. The molecular formula is C13H13N5O4. The SMILES string of the molecule is CCc1cc(Nc2cccc(C(=O)O)c2)nc(N[N+](=O)[O-])n1. The molecule has 22 heavy (non-hydrogen) atoms. The van der Waals surface area contributed by atoms with E-state index in [9.17, 15) is 14.9 Å². The molecule has 2 aromatic rings. The van der Waals surface area contributed by atoms with Crippen LogP contribution in [0.2, 0.25) is 0 Å². The first-order valence-electron chi connectivity index (χ1n) is 6.37. The van der Waals surface area contributed by atoms with E-state index in [2.05, 4.69) is 15.3 Å². The number of hydrazine groups is 1. The summed E-state index contributed by atoms with van der Waals surface area (Å²) in [5, 5.41) is 21.6. The maximum Gasteiger partial charge on any atom is 0.335 e. The molecule has 0 unspecified atom stereocenters. The number of anilines is 3. The Morgan fingerprint density at radius 1 is 1.36 bits per heavy atom. The van der Waals surface area contributed by atoms with Gasteiger partial charge in [0.05, 0.1) is 5.56 Å². The summed E-state index contributed by atoms with van der Waals surface area (Å²) in [5.74, 6) is -0.851. The molecule has 1 heterocycles. The minimum atomic E-state index is -1.05. The van der Waals surface area contributed by atoms with E-state index in [-0.39, 0.29) is 11.5 Å². The fourth-order valence-corrected chi connectivity index (χ4v) is 1.75. The Morgan fingerprint density at radius 3 is 2.77 bits per heavy atom. The van der Waals surface area contributed by atoms with E-state index in [1.165, 1.54) is 12.1 Å². The van der Waals surface area contributed by atoms with E-state index in [0.29, 0.717) is 23.6 Å². The van der Waals surface area contributed by atoms with Crippen LogP contribution in [0.15, 0.2) is 30.3 Å². The van der Waals surface area contributed by atoms with Crippen LogP contribution in [0.4, 0.5) is 17.5 Å². The second-order valence-corrected chi connectivity index (χ2v) is 4.30. The standard InChI is InChI=1S/C13H13N5O4/c1-2-9-7-11(16-13(15-9)17-18(21)22)14-10-5-3-4-8(6-10)12(19)20/h3-7H,2H2,1H3,(H,19,20)(H2,14,15,16,17). The summed E-state index contributed by atoms with van der Waals surface area (Å²) >= 11 is 0. The van der Waals surface area contributed by atoms with E-state index >= 15 is 0 Å². The summed E-state index contributed by atoms with van der Waals surface area (Å²) in [4.78, 5) is 29.4. The summed E-state index contributed by atoms with van der Waals surface area (Å²) in [6.07, 6.45) is 0.568. The zero-order chi connectivity index (χ0) is 16.1. The molecule has 0 spiro atoms. The monoisotopic (exact) mass is 303 g/mol. The van der Waals surface area contributed by atoms with Gasteiger partial charge in [0.2, 0.25) is 0 Å². The Hall–Kier alpha value is -3.23. The van der Waals surface area contributed by atoms with Crippen molar-refractivity contribution in [3.05, 3.63) is 51.7 Å². The first-order valence-corrected chi connectivity index (χ1v) is 6.37. The highest BCUT2D eigenvalue weighted by molar-refractivity contribution is 5.89. The lowest BCUT2D eigenvalue weighted by atomic mass is 10.2. The van der Waals surface area contributed by atoms with Crippen molar-refractivity contribution >= 4 is 23.4 Å². The second kappa shape index (κ2) is 6.48. The number of hydrogen-bond acceptors (Lipinski definition) is 6. The molecular weight excluding hydrogens is 290 g/mol. The molecule has 9 nitrogen and oxygen atoms in total. The number of carboxylic acids is 1. The third kappa shape index (κ3) is 3.88. The Bertz CT molecular complexity index is 719. The van der Waals surface area contributed by atoms with Crippen LogP contribution in [0.1, 0.15) is 23.0 Å². The van der Waals surface area contributed by atoms with Gasteiger partial charge in [-0.25, -0.2) is 19.9 Å². The Labute approximate surface area is 125 Å². The molecule has 0 amide bonds. The van der Waals surface area contributed by atoms with E-state index in [4.69, 9.17) is 5.11 Å². The fourth-order valence-electron chi connectivity index (χ4n) is 1.75. The van der Waals surface area contributed by atoms with Gasteiger partial charge in [0.1, 0.15) is 5.82 Å². The van der Waals surface area contributed by atoms with Gasteiger partial charge in [0.15, 0.2) is 5.03 Å². The summed E-state index contributed by atoms with van der Waals surface area (Å²) in [6.45, 7) is 1.85. The smallest absolute Gasteiger partial charge is 0.335 e. The number of nitrogens with zero attached hydrogens (tertiary/aromatic N) is 3. The molecule has 3 N–H and O–H groups in total. The topological polar surface area (TPSA) is 130 Å². The molecule has 0 fully saturated rings. The minimum absolute atomic E-state index is 0.124. The lowest BCUT2D eigenvalue weighted by molar-refractivity contribution is -0.446. The Kier molecular flexibility index (Phi) is 4.47. The largest absolute Gasteiger partial charge is 0.478 e. The molecule has 1 aromatic heterocycles. The average molecular weight is 303 g/mol. The third-order valence-corrected chi connectivity index (χ3v) is 2.71. The maximum atomic E-state index is 10.9. The van der Waals surface area contributed by atoms with Crippen molar-refractivity contribution in [1.82, 2.24) is 9.97 Å². The lowest BCUT2D eigenvalue weighted by Crippen LogP contribution is -2.12. The molecule has 0 saturated heterocycles. The molecule has 0 aliphatic heterocycles. The van der Waals surface area contributed by atoms with Crippen LogP contribution in [0.3, 0.4) is 0 Å². The van der Waals surface area contributed by atoms with Crippen LogP contribution in [0, 0.1) is 10.1 Å². The van der Waals surface area contributed by atoms with Crippen molar-refractivity contribution in [2.45, 2.75) is 13.3 Å². The minimum Gasteiger partial charge on any atom is -0.478 e. The predicted octanol–water partition coefficient (Wildman–Crippen LogP) is 2.08. The third-order valence-electron chi connectivity index (χ3n) is 2.71. The number of carboxylic acid groups (broad SMARTS) is 1. The maximum absolute atomic E-state index is 10.9. The van der Waals surface area contributed by atoms with Crippen molar-refractivity contribution in [2.24, 2.45) is 0 Å². The van der Waals surface area contributed by atoms with Gasteiger partial charge in [0, 0.05) is 17.4 Å². The van der Waals surface area contributed by atoms with Gasteiger partial charge >= 0.3 is 5.97 Å². The number of carbonyl (C=O) groups is 1.